The molecule has 182 valence electrons. The van der Waals surface area contributed by atoms with Crippen LogP contribution in [0.2, 0.25) is 0 Å². The molecule has 2 aromatic rings. The number of fused-ring (bicyclic) bond motifs is 1. The number of carbonyl (C=O) groups is 2. The highest BCUT2D eigenvalue weighted by atomic mass is 32.2. The maximum atomic E-state index is 13.7. The number of hydrogen-bond donors (Lipinski definition) is 2. The zero-order valence-corrected chi connectivity index (χ0v) is 21.7. The lowest BCUT2D eigenvalue weighted by Crippen LogP contribution is -2.40. The summed E-state index contributed by atoms with van der Waals surface area (Å²) in [6, 6.07) is 15.5. The van der Waals surface area contributed by atoms with Gasteiger partial charge in [-0.3, -0.25) is 9.59 Å². The van der Waals surface area contributed by atoms with Gasteiger partial charge in [0.1, 0.15) is 0 Å². The lowest BCUT2D eigenvalue weighted by Gasteiger charge is -2.37. The molecule has 0 unspecified atom stereocenters. The second-order valence-corrected chi connectivity index (χ2v) is 9.96. The van der Waals surface area contributed by atoms with Crippen molar-refractivity contribution in [2.75, 3.05) is 5.32 Å². The SMILES string of the molecule is CC[C@@H](C)NC(=O)CC1=CSC2=NC(C)=C(C(=O)Nc3ccccc3)[C@H](c3cc(C)ccc3C)N12. The Labute approximate surface area is 211 Å². The molecule has 2 aliphatic rings. The quantitative estimate of drug-likeness (QED) is 0.515. The normalized spacial score (nSPS) is 18.0. The van der Waals surface area contributed by atoms with Crippen molar-refractivity contribution in [3.8, 4) is 0 Å². The molecule has 0 spiro atoms. The van der Waals surface area contributed by atoms with E-state index in [0.717, 1.165) is 39.7 Å². The summed E-state index contributed by atoms with van der Waals surface area (Å²) >= 11 is 1.50. The fraction of sp³-hybridized carbons (Fsp3) is 0.321. The maximum absolute atomic E-state index is 13.7. The lowest BCUT2D eigenvalue weighted by molar-refractivity contribution is -0.121. The third-order valence-electron chi connectivity index (χ3n) is 6.37. The highest BCUT2D eigenvalue weighted by Crippen LogP contribution is 2.45. The summed E-state index contributed by atoms with van der Waals surface area (Å²) in [5, 5.41) is 8.87. The second kappa shape index (κ2) is 10.5. The maximum Gasteiger partial charge on any atom is 0.255 e. The van der Waals surface area contributed by atoms with E-state index >= 15 is 0 Å². The number of rotatable bonds is 7. The average molecular weight is 489 g/mol. The van der Waals surface area contributed by atoms with Gasteiger partial charge < -0.3 is 15.5 Å². The number of thioether (sulfide) groups is 1. The van der Waals surface area contributed by atoms with Crippen molar-refractivity contribution >= 4 is 34.4 Å². The second-order valence-electron chi connectivity index (χ2n) is 9.13. The molecule has 4 rings (SSSR count). The van der Waals surface area contributed by atoms with Crippen molar-refractivity contribution in [3.05, 3.63) is 87.6 Å². The summed E-state index contributed by atoms with van der Waals surface area (Å²) in [6.45, 7) is 10.0. The number of carbonyl (C=O) groups excluding carboxylic acids is 2. The Morgan fingerprint density at radius 2 is 1.86 bits per heavy atom. The summed E-state index contributed by atoms with van der Waals surface area (Å²) in [5.41, 5.74) is 6.07. The molecule has 2 aromatic carbocycles. The van der Waals surface area contributed by atoms with E-state index in [4.69, 9.17) is 4.99 Å². The van der Waals surface area contributed by atoms with Gasteiger partial charge in [0.15, 0.2) is 5.17 Å². The summed E-state index contributed by atoms with van der Waals surface area (Å²) < 4.78 is 0. The van der Waals surface area contributed by atoms with Crippen molar-refractivity contribution in [1.29, 1.82) is 0 Å². The number of benzene rings is 2. The van der Waals surface area contributed by atoms with Crippen molar-refractivity contribution < 1.29 is 9.59 Å². The zero-order valence-electron chi connectivity index (χ0n) is 20.9. The van der Waals surface area contributed by atoms with E-state index in [1.807, 2.05) is 56.5 Å². The first-order valence-electron chi connectivity index (χ1n) is 12.0. The van der Waals surface area contributed by atoms with Gasteiger partial charge in [0.2, 0.25) is 5.91 Å². The first-order chi connectivity index (χ1) is 16.8. The molecule has 2 atom stereocenters. The third kappa shape index (κ3) is 5.35. The van der Waals surface area contributed by atoms with Gasteiger partial charge >= 0.3 is 0 Å². The van der Waals surface area contributed by atoms with Gasteiger partial charge in [-0.15, -0.1) is 0 Å². The Morgan fingerprint density at radius 1 is 1.11 bits per heavy atom. The molecule has 0 radical (unpaired) electrons. The largest absolute Gasteiger partial charge is 0.353 e. The van der Waals surface area contributed by atoms with Crippen LogP contribution in [-0.4, -0.2) is 27.9 Å². The van der Waals surface area contributed by atoms with E-state index < -0.39 is 0 Å². The number of amidine groups is 1. The Balaban J connectivity index is 1.75. The van der Waals surface area contributed by atoms with Gasteiger partial charge in [-0.1, -0.05) is 60.6 Å². The zero-order chi connectivity index (χ0) is 25.1. The number of aryl methyl sites for hydroxylation is 2. The minimum atomic E-state index is -0.385. The third-order valence-corrected chi connectivity index (χ3v) is 7.26. The van der Waals surface area contributed by atoms with Crippen LogP contribution in [0.4, 0.5) is 5.69 Å². The van der Waals surface area contributed by atoms with Crippen molar-refractivity contribution in [2.45, 2.75) is 59.5 Å². The molecule has 7 heteroatoms. The summed E-state index contributed by atoms with van der Waals surface area (Å²) in [6.07, 6.45) is 1.09. The smallest absolute Gasteiger partial charge is 0.255 e. The number of amides is 2. The molecule has 2 N–H and O–H groups in total. The Bertz CT molecular complexity index is 1230. The van der Waals surface area contributed by atoms with E-state index in [2.05, 4.69) is 47.6 Å². The number of para-hydroxylation sites is 1. The van der Waals surface area contributed by atoms with Gasteiger partial charge in [-0.05, 0) is 62.8 Å². The Kier molecular flexibility index (Phi) is 7.45. The summed E-state index contributed by atoms with van der Waals surface area (Å²) in [7, 11) is 0. The van der Waals surface area contributed by atoms with Crippen LogP contribution in [0, 0.1) is 13.8 Å². The van der Waals surface area contributed by atoms with Crippen molar-refractivity contribution in [3.63, 3.8) is 0 Å². The molecular weight excluding hydrogens is 456 g/mol. The number of aliphatic imine (C=N–C) groups is 1. The van der Waals surface area contributed by atoms with Gasteiger partial charge in [0, 0.05) is 17.4 Å². The first kappa shape index (κ1) is 24.8. The number of allylic oxidation sites excluding steroid dienone is 1. The van der Waals surface area contributed by atoms with Gasteiger partial charge in [0.05, 0.1) is 23.7 Å². The van der Waals surface area contributed by atoms with Crippen LogP contribution in [0.5, 0.6) is 0 Å². The van der Waals surface area contributed by atoms with Gasteiger partial charge in [-0.25, -0.2) is 4.99 Å². The topological polar surface area (TPSA) is 73.8 Å². The predicted octanol–water partition coefficient (Wildman–Crippen LogP) is 5.82. The van der Waals surface area contributed by atoms with E-state index in [9.17, 15) is 9.59 Å². The van der Waals surface area contributed by atoms with Crippen LogP contribution in [0.1, 0.15) is 56.3 Å². The minimum Gasteiger partial charge on any atom is -0.353 e. The van der Waals surface area contributed by atoms with Crippen molar-refractivity contribution in [1.82, 2.24) is 10.2 Å². The number of anilines is 1. The highest BCUT2D eigenvalue weighted by Gasteiger charge is 2.41. The lowest BCUT2D eigenvalue weighted by atomic mass is 9.89. The average Bonchev–Trinajstić information content (AvgIpc) is 3.21. The molecule has 0 bridgehead atoms. The van der Waals surface area contributed by atoms with E-state index in [1.165, 1.54) is 11.8 Å². The number of nitrogens with one attached hydrogen (secondary N) is 2. The fourth-order valence-electron chi connectivity index (χ4n) is 4.32. The molecule has 0 aromatic heterocycles. The predicted molar refractivity (Wildman–Crippen MR) is 144 cm³/mol. The summed E-state index contributed by atoms with van der Waals surface area (Å²) in [4.78, 5) is 33.4. The molecule has 2 aliphatic heterocycles. The monoisotopic (exact) mass is 488 g/mol. The molecule has 2 amide bonds. The van der Waals surface area contributed by atoms with Gasteiger partial charge in [-0.2, -0.15) is 0 Å². The van der Waals surface area contributed by atoms with Gasteiger partial charge in [0.25, 0.3) is 5.91 Å². The number of nitrogens with zero attached hydrogens (tertiary/aromatic N) is 2. The van der Waals surface area contributed by atoms with Crippen LogP contribution in [0.25, 0.3) is 0 Å². The van der Waals surface area contributed by atoms with Crippen LogP contribution in [0.3, 0.4) is 0 Å². The Hall–Kier alpha value is -3.32. The Morgan fingerprint density at radius 3 is 2.57 bits per heavy atom. The van der Waals surface area contributed by atoms with Crippen LogP contribution >= 0.6 is 11.8 Å². The molecule has 0 saturated carbocycles. The molecular formula is C28H32N4O2S. The number of hydrogen-bond acceptors (Lipinski definition) is 5. The molecule has 35 heavy (non-hydrogen) atoms. The molecule has 2 heterocycles. The van der Waals surface area contributed by atoms with Crippen LogP contribution in [0.15, 0.2) is 75.9 Å². The standard InChI is InChI=1S/C28H32N4O2S/c1-6-19(4)29-24(33)15-22-16-35-28-30-20(5)25(27(34)31-21-10-8-7-9-11-21)26(32(22)28)23-14-17(2)12-13-18(23)3/h7-14,16,19,26H,6,15H2,1-5H3,(H,29,33)(H,31,34)/t19-,26+/m1/s1. The van der Waals surface area contributed by atoms with Crippen LogP contribution < -0.4 is 10.6 Å². The van der Waals surface area contributed by atoms with E-state index in [1.54, 1.807) is 0 Å². The first-order valence-corrected chi connectivity index (χ1v) is 12.8. The van der Waals surface area contributed by atoms with E-state index in [-0.39, 0.29) is 30.3 Å². The van der Waals surface area contributed by atoms with E-state index in [0.29, 0.717) is 11.3 Å². The molecule has 0 saturated heterocycles. The fourth-order valence-corrected chi connectivity index (χ4v) is 5.29. The summed E-state index contributed by atoms with van der Waals surface area (Å²) in [5.74, 6) is -0.226. The highest BCUT2D eigenvalue weighted by molar-refractivity contribution is 8.16. The van der Waals surface area contributed by atoms with Crippen molar-refractivity contribution in [2.24, 2.45) is 4.99 Å². The molecule has 6 nitrogen and oxygen atoms in total. The van der Waals surface area contributed by atoms with Crippen LogP contribution in [-0.2, 0) is 9.59 Å². The minimum absolute atomic E-state index is 0.0336. The molecule has 0 fully saturated rings. The molecule has 0 aliphatic carbocycles.